The zero-order chi connectivity index (χ0) is 15.2. The standard InChI is InChI=1S/C16H16ClN3O/c1-11-6-5-7-12(2)15(11)19-16(21)20-18-10-13-8-3-4-9-14(13)17/h3-10H,1-2H3,(H2,19,20,21)/b18-10+. The van der Waals surface area contributed by atoms with Crippen molar-refractivity contribution in [3.63, 3.8) is 0 Å². The Hall–Kier alpha value is -2.33. The van der Waals surface area contributed by atoms with E-state index < -0.39 is 6.03 Å². The third-order valence-corrected chi connectivity index (χ3v) is 3.34. The molecule has 0 heterocycles. The van der Waals surface area contributed by atoms with Crippen LogP contribution in [0.25, 0.3) is 0 Å². The summed E-state index contributed by atoms with van der Waals surface area (Å²) in [5.74, 6) is 0. The fourth-order valence-corrected chi connectivity index (χ4v) is 2.08. The number of carbonyl (C=O) groups is 1. The van der Waals surface area contributed by atoms with E-state index >= 15 is 0 Å². The van der Waals surface area contributed by atoms with Gasteiger partial charge in [0, 0.05) is 16.3 Å². The maximum atomic E-state index is 11.8. The zero-order valence-electron chi connectivity index (χ0n) is 11.9. The van der Waals surface area contributed by atoms with Crippen molar-refractivity contribution in [2.24, 2.45) is 5.10 Å². The van der Waals surface area contributed by atoms with Gasteiger partial charge in [0.05, 0.1) is 6.21 Å². The van der Waals surface area contributed by atoms with Crippen molar-refractivity contribution in [1.29, 1.82) is 0 Å². The fraction of sp³-hybridized carbons (Fsp3) is 0.125. The number of para-hydroxylation sites is 1. The van der Waals surface area contributed by atoms with Gasteiger partial charge in [0.2, 0.25) is 0 Å². The normalized spacial score (nSPS) is 10.6. The maximum Gasteiger partial charge on any atom is 0.339 e. The van der Waals surface area contributed by atoms with Crippen molar-refractivity contribution in [1.82, 2.24) is 5.43 Å². The zero-order valence-corrected chi connectivity index (χ0v) is 12.6. The molecule has 2 aromatic rings. The molecule has 0 aliphatic rings. The van der Waals surface area contributed by atoms with Gasteiger partial charge in [-0.05, 0) is 31.0 Å². The van der Waals surface area contributed by atoms with E-state index in [1.54, 1.807) is 6.07 Å². The van der Waals surface area contributed by atoms with E-state index in [-0.39, 0.29) is 0 Å². The number of hydrazone groups is 1. The number of anilines is 1. The highest BCUT2D eigenvalue weighted by Gasteiger charge is 2.05. The number of benzene rings is 2. The summed E-state index contributed by atoms with van der Waals surface area (Å²) in [5, 5.41) is 7.25. The number of aryl methyl sites for hydroxylation is 2. The van der Waals surface area contributed by atoms with Crippen LogP contribution in [-0.2, 0) is 0 Å². The molecule has 0 saturated carbocycles. The smallest absolute Gasteiger partial charge is 0.306 e. The molecule has 2 rings (SSSR count). The number of halogens is 1. The van der Waals surface area contributed by atoms with Gasteiger partial charge in [-0.1, -0.05) is 48.0 Å². The molecule has 0 unspecified atom stereocenters. The minimum absolute atomic E-state index is 0.393. The number of nitrogens with zero attached hydrogens (tertiary/aromatic N) is 1. The predicted molar refractivity (Wildman–Crippen MR) is 87.1 cm³/mol. The first-order valence-corrected chi connectivity index (χ1v) is 6.86. The highest BCUT2D eigenvalue weighted by atomic mass is 35.5. The molecular weight excluding hydrogens is 286 g/mol. The van der Waals surface area contributed by atoms with Crippen LogP contribution in [0, 0.1) is 13.8 Å². The molecule has 108 valence electrons. The van der Waals surface area contributed by atoms with Gasteiger partial charge >= 0.3 is 6.03 Å². The highest BCUT2D eigenvalue weighted by Crippen LogP contribution is 2.19. The van der Waals surface area contributed by atoms with E-state index in [9.17, 15) is 4.79 Å². The first kappa shape index (κ1) is 15.1. The van der Waals surface area contributed by atoms with Gasteiger partial charge in [-0.2, -0.15) is 5.10 Å². The van der Waals surface area contributed by atoms with Gasteiger partial charge in [-0.15, -0.1) is 0 Å². The summed E-state index contributed by atoms with van der Waals surface area (Å²) in [6.45, 7) is 3.88. The number of hydrogen-bond acceptors (Lipinski definition) is 2. The molecule has 0 radical (unpaired) electrons. The number of nitrogens with one attached hydrogen (secondary N) is 2. The summed E-state index contributed by atoms with van der Waals surface area (Å²) in [6.07, 6.45) is 1.51. The second-order valence-corrected chi connectivity index (χ2v) is 5.02. The molecule has 0 aliphatic carbocycles. The van der Waals surface area contributed by atoms with Gasteiger partial charge in [-0.3, -0.25) is 0 Å². The van der Waals surface area contributed by atoms with Gasteiger partial charge in [0.15, 0.2) is 0 Å². The molecular formula is C16H16ClN3O. The molecule has 0 fully saturated rings. The van der Waals surface area contributed by atoms with Crippen LogP contribution in [0.15, 0.2) is 47.6 Å². The number of rotatable bonds is 3. The van der Waals surface area contributed by atoms with Crippen LogP contribution in [-0.4, -0.2) is 12.2 Å². The minimum atomic E-state index is -0.393. The van der Waals surface area contributed by atoms with Gasteiger partial charge in [0.25, 0.3) is 0 Å². The molecule has 5 heteroatoms. The Morgan fingerprint density at radius 2 is 1.76 bits per heavy atom. The average molecular weight is 302 g/mol. The lowest BCUT2D eigenvalue weighted by Crippen LogP contribution is -2.25. The first-order valence-electron chi connectivity index (χ1n) is 6.48. The van der Waals surface area contributed by atoms with Crippen LogP contribution >= 0.6 is 11.6 Å². The van der Waals surface area contributed by atoms with Crippen LogP contribution < -0.4 is 10.7 Å². The Labute approximate surface area is 128 Å². The van der Waals surface area contributed by atoms with Crippen molar-refractivity contribution >= 4 is 29.5 Å². The summed E-state index contributed by atoms with van der Waals surface area (Å²) >= 11 is 5.99. The van der Waals surface area contributed by atoms with Crippen LogP contribution in [0.1, 0.15) is 16.7 Å². The largest absolute Gasteiger partial charge is 0.339 e. The Morgan fingerprint density at radius 1 is 1.10 bits per heavy atom. The van der Waals surface area contributed by atoms with E-state index in [0.29, 0.717) is 5.02 Å². The van der Waals surface area contributed by atoms with Crippen LogP contribution in [0.2, 0.25) is 5.02 Å². The Balaban J connectivity index is 1.98. The van der Waals surface area contributed by atoms with Crippen LogP contribution in [0.4, 0.5) is 10.5 Å². The maximum absolute atomic E-state index is 11.8. The van der Waals surface area contributed by atoms with Crippen molar-refractivity contribution in [2.75, 3.05) is 5.32 Å². The quantitative estimate of drug-likeness (QED) is 0.650. The number of carbonyl (C=O) groups excluding carboxylic acids is 1. The molecule has 0 aromatic heterocycles. The SMILES string of the molecule is Cc1cccc(C)c1NC(=O)N/N=C/c1ccccc1Cl. The lowest BCUT2D eigenvalue weighted by atomic mass is 10.1. The molecule has 0 saturated heterocycles. The van der Waals surface area contributed by atoms with E-state index in [4.69, 9.17) is 11.6 Å². The second-order valence-electron chi connectivity index (χ2n) is 4.61. The monoisotopic (exact) mass is 301 g/mol. The van der Waals surface area contributed by atoms with Crippen molar-refractivity contribution in [2.45, 2.75) is 13.8 Å². The lowest BCUT2D eigenvalue weighted by molar-refractivity contribution is 0.252. The van der Waals surface area contributed by atoms with Crippen LogP contribution in [0.3, 0.4) is 0 Å². The topological polar surface area (TPSA) is 53.5 Å². The van der Waals surface area contributed by atoms with E-state index in [1.165, 1.54) is 6.21 Å². The molecule has 0 aliphatic heterocycles. The summed E-state index contributed by atoms with van der Waals surface area (Å²) < 4.78 is 0. The van der Waals surface area contributed by atoms with Gasteiger partial charge < -0.3 is 5.32 Å². The summed E-state index contributed by atoms with van der Waals surface area (Å²) in [7, 11) is 0. The van der Waals surface area contributed by atoms with Crippen molar-refractivity contribution < 1.29 is 4.79 Å². The van der Waals surface area contributed by atoms with Gasteiger partial charge in [0.1, 0.15) is 0 Å². The van der Waals surface area contributed by atoms with E-state index in [0.717, 1.165) is 22.4 Å². The fourth-order valence-electron chi connectivity index (χ4n) is 1.89. The van der Waals surface area contributed by atoms with E-state index in [1.807, 2.05) is 50.2 Å². The van der Waals surface area contributed by atoms with Crippen molar-refractivity contribution in [3.8, 4) is 0 Å². The first-order chi connectivity index (χ1) is 10.1. The Kier molecular flexibility index (Phi) is 4.95. The summed E-state index contributed by atoms with van der Waals surface area (Å²) in [5.41, 5.74) is 5.96. The van der Waals surface area contributed by atoms with Crippen LogP contribution in [0.5, 0.6) is 0 Å². The lowest BCUT2D eigenvalue weighted by Gasteiger charge is -2.10. The molecule has 2 N–H and O–H groups in total. The minimum Gasteiger partial charge on any atom is -0.306 e. The predicted octanol–water partition coefficient (Wildman–Crippen LogP) is 4.11. The number of hydrogen-bond donors (Lipinski definition) is 2. The number of amides is 2. The van der Waals surface area contributed by atoms with E-state index in [2.05, 4.69) is 15.8 Å². The molecule has 0 atom stereocenters. The Bertz CT molecular complexity index is 663. The molecule has 0 bridgehead atoms. The highest BCUT2D eigenvalue weighted by molar-refractivity contribution is 6.33. The van der Waals surface area contributed by atoms with Crippen molar-refractivity contribution in [3.05, 3.63) is 64.2 Å². The molecule has 2 amide bonds. The summed E-state index contributed by atoms with van der Waals surface area (Å²) in [4.78, 5) is 11.8. The number of urea groups is 1. The second kappa shape index (κ2) is 6.90. The average Bonchev–Trinajstić information content (AvgIpc) is 2.45. The van der Waals surface area contributed by atoms with Gasteiger partial charge in [-0.25, -0.2) is 10.2 Å². The molecule has 2 aromatic carbocycles. The molecule has 0 spiro atoms. The Morgan fingerprint density at radius 3 is 2.43 bits per heavy atom. The molecule has 21 heavy (non-hydrogen) atoms. The molecule has 4 nitrogen and oxygen atoms in total. The summed E-state index contributed by atoms with van der Waals surface area (Å²) in [6, 6.07) is 12.7. The third-order valence-electron chi connectivity index (χ3n) is 2.99. The third kappa shape index (κ3) is 4.07.